The third-order valence-electron chi connectivity index (χ3n) is 3.80. The molecule has 1 aromatic carbocycles. The number of amides is 3. The highest BCUT2D eigenvalue weighted by Gasteiger charge is 2.45. The summed E-state index contributed by atoms with van der Waals surface area (Å²) in [4.78, 5) is 59.8. The fourth-order valence-electron chi connectivity index (χ4n) is 2.77. The number of hydrogen-bond donors (Lipinski definition) is 1. The van der Waals surface area contributed by atoms with Gasteiger partial charge in [0, 0.05) is 12.5 Å². The Labute approximate surface area is 154 Å². The van der Waals surface area contributed by atoms with Crippen LogP contribution in [-0.4, -0.2) is 45.2 Å². The van der Waals surface area contributed by atoms with Crippen LogP contribution in [0.3, 0.4) is 0 Å². The molecule has 1 aliphatic rings. The van der Waals surface area contributed by atoms with E-state index in [-0.39, 0.29) is 18.4 Å². The van der Waals surface area contributed by atoms with Crippen molar-refractivity contribution >= 4 is 29.4 Å². The van der Waals surface area contributed by atoms with Crippen molar-refractivity contribution in [2.75, 3.05) is 0 Å². The second kappa shape index (κ2) is 7.14. The van der Waals surface area contributed by atoms with E-state index in [1.165, 1.54) is 12.1 Å². The lowest BCUT2D eigenvalue weighted by molar-refractivity contribution is -0.385. The number of nitro benzene ring substituents is 1. The van der Waals surface area contributed by atoms with Gasteiger partial charge < -0.3 is 10.5 Å². The van der Waals surface area contributed by atoms with Gasteiger partial charge >= 0.3 is 5.97 Å². The summed E-state index contributed by atoms with van der Waals surface area (Å²) in [5.74, 6) is -3.49. The SMILES string of the molecule is CC(C)(C)OC(=O)CC[C@@H](C(N)=O)N1C(=O)c2cccc([N+](=O)[O-])c2C1=O. The zero-order valence-corrected chi connectivity index (χ0v) is 15.1. The summed E-state index contributed by atoms with van der Waals surface area (Å²) in [5, 5.41) is 11.1. The number of benzene rings is 1. The third kappa shape index (κ3) is 4.10. The van der Waals surface area contributed by atoms with Crippen LogP contribution in [0.25, 0.3) is 0 Å². The summed E-state index contributed by atoms with van der Waals surface area (Å²) in [6, 6.07) is 2.19. The Kier molecular flexibility index (Phi) is 5.29. The van der Waals surface area contributed by atoms with Crippen molar-refractivity contribution in [3.8, 4) is 0 Å². The van der Waals surface area contributed by atoms with E-state index in [1.807, 2.05) is 0 Å². The number of hydrogen-bond acceptors (Lipinski definition) is 7. The quantitative estimate of drug-likeness (QED) is 0.338. The molecule has 1 heterocycles. The monoisotopic (exact) mass is 377 g/mol. The Morgan fingerprint density at radius 3 is 2.41 bits per heavy atom. The largest absolute Gasteiger partial charge is 0.460 e. The van der Waals surface area contributed by atoms with E-state index >= 15 is 0 Å². The Bertz CT molecular complexity index is 841. The number of rotatable bonds is 6. The maximum Gasteiger partial charge on any atom is 0.306 e. The number of nitrogens with two attached hydrogens (primary N) is 1. The van der Waals surface area contributed by atoms with Crippen molar-refractivity contribution in [2.24, 2.45) is 5.73 Å². The number of esters is 1. The molecule has 1 atom stereocenters. The third-order valence-corrected chi connectivity index (χ3v) is 3.80. The van der Waals surface area contributed by atoms with Crippen LogP contribution in [-0.2, 0) is 14.3 Å². The van der Waals surface area contributed by atoms with Crippen LogP contribution in [0.4, 0.5) is 5.69 Å². The molecule has 0 bridgehead atoms. The van der Waals surface area contributed by atoms with Gasteiger partial charge in [-0.3, -0.25) is 34.2 Å². The fraction of sp³-hybridized carbons (Fsp3) is 0.412. The summed E-state index contributed by atoms with van der Waals surface area (Å²) in [6.07, 6.45) is -0.510. The van der Waals surface area contributed by atoms with Crippen molar-refractivity contribution in [1.82, 2.24) is 4.90 Å². The van der Waals surface area contributed by atoms with E-state index in [9.17, 15) is 29.3 Å². The number of carbonyl (C=O) groups excluding carboxylic acids is 4. The first-order chi connectivity index (χ1) is 12.4. The Morgan fingerprint density at radius 2 is 1.89 bits per heavy atom. The molecule has 0 aromatic heterocycles. The molecule has 10 nitrogen and oxygen atoms in total. The predicted octanol–water partition coefficient (Wildman–Crippen LogP) is 1.17. The smallest absolute Gasteiger partial charge is 0.306 e. The number of ether oxygens (including phenoxy) is 1. The van der Waals surface area contributed by atoms with Gasteiger partial charge in [-0.25, -0.2) is 0 Å². The molecule has 0 aliphatic carbocycles. The first-order valence-electron chi connectivity index (χ1n) is 8.10. The molecule has 0 saturated carbocycles. The van der Waals surface area contributed by atoms with Crippen LogP contribution in [0.1, 0.15) is 54.3 Å². The van der Waals surface area contributed by atoms with Crippen molar-refractivity contribution in [1.29, 1.82) is 0 Å². The van der Waals surface area contributed by atoms with Crippen LogP contribution in [0.5, 0.6) is 0 Å². The second-order valence-corrected chi connectivity index (χ2v) is 6.98. The molecular weight excluding hydrogens is 358 g/mol. The first-order valence-corrected chi connectivity index (χ1v) is 8.10. The average molecular weight is 377 g/mol. The minimum Gasteiger partial charge on any atom is -0.460 e. The summed E-state index contributed by atoms with van der Waals surface area (Å²) in [7, 11) is 0. The maximum absolute atomic E-state index is 12.6. The molecule has 3 amide bonds. The molecule has 0 spiro atoms. The molecule has 0 unspecified atom stereocenters. The van der Waals surface area contributed by atoms with E-state index < -0.39 is 51.5 Å². The van der Waals surface area contributed by atoms with Crippen molar-refractivity contribution in [3.63, 3.8) is 0 Å². The summed E-state index contributed by atoms with van der Waals surface area (Å²) in [6.45, 7) is 5.00. The molecular formula is C17H19N3O7. The zero-order chi connectivity index (χ0) is 20.5. The average Bonchev–Trinajstić information content (AvgIpc) is 2.78. The molecule has 0 saturated heterocycles. The van der Waals surface area contributed by atoms with E-state index in [2.05, 4.69) is 0 Å². The summed E-state index contributed by atoms with van der Waals surface area (Å²) >= 11 is 0. The normalized spacial score (nSPS) is 14.7. The van der Waals surface area contributed by atoms with Crippen LogP contribution in [0, 0.1) is 10.1 Å². The van der Waals surface area contributed by atoms with E-state index in [1.54, 1.807) is 20.8 Å². The van der Waals surface area contributed by atoms with E-state index in [0.29, 0.717) is 4.90 Å². The molecule has 27 heavy (non-hydrogen) atoms. The fourth-order valence-corrected chi connectivity index (χ4v) is 2.77. The Hall–Kier alpha value is -3.30. The minimum absolute atomic E-state index is 0.183. The molecule has 0 radical (unpaired) electrons. The zero-order valence-electron chi connectivity index (χ0n) is 15.1. The highest BCUT2D eigenvalue weighted by molar-refractivity contribution is 6.24. The Morgan fingerprint density at radius 1 is 1.26 bits per heavy atom. The van der Waals surface area contributed by atoms with Gasteiger partial charge in [0.15, 0.2) is 0 Å². The van der Waals surface area contributed by atoms with Gasteiger partial charge in [0.25, 0.3) is 17.5 Å². The van der Waals surface area contributed by atoms with Crippen LogP contribution in [0.2, 0.25) is 0 Å². The first kappa shape index (κ1) is 20.0. The van der Waals surface area contributed by atoms with Crippen LogP contribution >= 0.6 is 0 Å². The molecule has 1 aromatic rings. The topological polar surface area (TPSA) is 150 Å². The van der Waals surface area contributed by atoms with Gasteiger partial charge in [0.1, 0.15) is 17.2 Å². The molecule has 1 aliphatic heterocycles. The lowest BCUT2D eigenvalue weighted by Gasteiger charge is -2.24. The lowest BCUT2D eigenvalue weighted by atomic mass is 10.1. The molecule has 0 fully saturated rings. The number of nitrogens with zero attached hydrogens (tertiary/aromatic N) is 2. The van der Waals surface area contributed by atoms with Gasteiger partial charge in [-0.1, -0.05) is 6.07 Å². The summed E-state index contributed by atoms with van der Waals surface area (Å²) in [5.41, 5.74) is 3.46. The van der Waals surface area contributed by atoms with Gasteiger partial charge in [-0.15, -0.1) is 0 Å². The molecule has 144 valence electrons. The van der Waals surface area contributed by atoms with Crippen molar-refractivity contribution in [2.45, 2.75) is 45.3 Å². The number of carbonyl (C=O) groups is 4. The lowest BCUT2D eigenvalue weighted by Crippen LogP contribution is -2.48. The van der Waals surface area contributed by atoms with E-state index in [0.717, 1.165) is 6.07 Å². The van der Waals surface area contributed by atoms with Crippen molar-refractivity contribution in [3.05, 3.63) is 39.4 Å². The predicted molar refractivity (Wildman–Crippen MR) is 91.7 cm³/mol. The minimum atomic E-state index is -1.43. The number of imide groups is 1. The molecule has 10 heteroatoms. The van der Waals surface area contributed by atoms with Gasteiger partial charge in [-0.05, 0) is 33.3 Å². The summed E-state index contributed by atoms with van der Waals surface area (Å²) < 4.78 is 5.13. The Balaban J connectivity index is 2.29. The van der Waals surface area contributed by atoms with Crippen LogP contribution in [0.15, 0.2) is 18.2 Å². The van der Waals surface area contributed by atoms with Crippen LogP contribution < -0.4 is 5.73 Å². The maximum atomic E-state index is 12.6. The molecule has 2 rings (SSSR count). The second-order valence-electron chi connectivity index (χ2n) is 6.98. The number of primary amides is 1. The van der Waals surface area contributed by atoms with Gasteiger partial charge in [-0.2, -0.15) is 0 Å². The molecule has 2 N–H and O–H groups in total. The standard InChI is InChI=1S/C17H19N3O7/c1-17(2,3)27-12(21)8-7-11(14(18)22)19-15(23)9-5-4-6-10(20(25)26)13(9)16(19)24/h4-6,11H,7-8H2,1-3H3,(H2,18,22)/t11-/m0/s1. The van der Waals surface area contributed by atoms with Gasteiger partial charge in [0.2, 0.25) is 5.91 Å². The van der Waals surface area contributed by atoms with E-state index in [4.69, 9.17) is 10.5 Å². The van der Waals surface area contributed by atoms with Gasteiger partial charge in [0.05, 0.1) is 10.5 Å². The van der Waals surface area contributed by atoms with Crippen molar-refractivity contribution < 1.29 is 28.8 Å². The number of nitro groups is 1. The highest BCUT2D eigenvalue weighted by atomic mass is 16.6. The number of fused-ring (bicyclic) bond motifs is 1. The highest BCUT2D eigenvalue weighted by Crippen LogP contribution is 2.32.